The van der Waals surface area contributed by atoms with Gasteiger partial charge in [0, 0.05) is 12.1 Å². The first-order valence-electron chi connectivity index (χ1n) is 11.1. The molecule has 0 N–H and O–H groups in total. The summed E-state index contributed by atoms with van der Waals surface area (Å²) in [6.07, 6.45) is 0.804. The Hall–Kier alpha value is -3.78. The predicted molar refractivity (Wildman–Crippen MR) is 137 cm³/mol. The van der Waals surface area contributed by atoms with Crippen molar-refractivity contribution in [1.29, 1.82) is 0 Å². The number of hydrogen-bond acceptors (Lipinski definition) is 7. The summed E-state index contributed by atoms with van der Waals surface area (Å²) in [5, 5.41) is 9.58. The normalized spacial score (nSPS) is 10.7. The summed E-state index contributed by atoms with van der Waals surface area (Å²) in [6, 6.07) is 23.2. The van der Waals surface area contributed by atoms with Crippen molar-refractivity contribution in [3.05, 3.63) is 83.9 Å². The third-order valence-corrected chi connectivity index (χ3v) is 6.54. The van der Waals surface area contributed by atoms with Crippen LogP contribution in [0.4, 0.5) is 0 Å². The number of benzene rings is 3. The highest BCUT2D eigenvalue weighted by molar-refractivity contribution is 7.99. The molecule has 0 bridgehead atoms. The Kier molecular flexibility index (Phi) is 8.05. The van der Waals surface area contributed by atoms with E-state index in [-0.39, 0.29) is 11.5 Å². The lowest BCUT2D eigenvalue weighted by Crippen LogP contribution is -2.08. The van der Waals surface area contributed by atoms with Crippen LogP contribution in [0.25, 0.3) is 11.4 Å². The van der Waals surface area contributed by atoms with Gasteiger partial charge in [0.25, 0.3) is 0 Å². The summed E-state index contributed by atoms with van der Waals surface area (Å²) in [5.41, 5.74) is 2.62. The number of aryl methyl sites for hydroxylation is 1. The van der Waals surface area contributed by atoms with E-state index in [1.807, 2.05) is 42.5 Å². The largest absolute Gasteiger partial charge is 0.496 e. The van der Waals surface area contributed by atoms with Crippen molar-refractivity contribution in [2.45, 2.75) is 18.1 Å². The fraction of sp³-hybridized carbons (Fsp3) is 0.222. The van der Waals surface area contributed by atoms with Crippen LogP contribution in [0.5, 0.6) is 17.2 Å². The monoisotopic (exact) mass is 489 g/mol. The molecule has 3 aromatic carbocycles. The molecular formula is C27H27N3O4S. The molecule has 0 aliphatic heterocycles. The molecule has 1 aromatic heterocycles. The number of hydrogen-bond donors (Lipinski definition) is 0. The molecule has 0 aliphatic carbocycles. The van der Waals surface area contributed by atoms with E-state index in [9.17, 15) is 4.79 Å². The van der Waals surface area contributed by atoms with Gasteiger partial charge in [-0.15, -0.1) is 10.2 Å². The Labute approximate surface area is 209 Å². The Morgan fingerprint density at radius 1 is 0.829 bits per heavy atom. The number of ketones is 1. The van der Waals surface area contributed by atoms with Crippen LogP contribution in [-0.2, 0) is 13.0 Å². The van der Waals surface area contributed by atoms with E-state index in [0.29, 0.717) is 34.6 Å². The Balaban J connectivity index is 1.59. The minimum Gasteiger partial charge on any atom is -0.496 e. The van der Waals surface area contributed by atoms with Crippen molar-refractivity contribution < 1.29 is 19.0 Å². The molecule has 0 radical (unpaired) electrons. The van der Waals surface area contributed by atoms with Gasteiger partial charge in [0.05, 0.1) is 32.6 Å². The highest BCUT2D eigenvalue weighted by Gasteiger charge is 2.19. The number of carbonyl (C=O) groups is 1. The van der Waals surface area contributed by atoms with Crippen LogP contribution in [0.1, 0.15) is 15.9 Å². The molecule has 4 aromatic rings. The van der Waals surface area contributed by atoms with Gasteiger partial charge in [-0.2, -0.15) is 0 Å². The molecular weight excluding hydrogens is 462 g/mol. The van der Waals surface area contributed by atoms with Gasteiger partial charge in [0.15, 0.2) is 28.3 Å². The van der Waals surface area contributed by atoms with Gasteiger partial charge in [-0.1, -0.05) is 54.2 Å². The SMILES string of the molecule is COc1ccc(C(=O)CSc2nnc(-c3ccccc3OC)n2CCc2ccccc2)cc1OC. The molecule has 0 fully saturated rings. The van der Waals surface area contributed by atoms with E-state index in [2.05, 4.69) is 26.9 Å². The molecule has 0 atom stereocenters. The highest BCUT2D eigenvalue weighted by Crippen LogP contribution is 2.32. The number of thioether (sulfide) groups is 1. The zero-order chi connectivity index (χ0) is 24.6. The second-order valence-electron chi connectivity index (χ2n) is 7.68. The third-order valence-electron chi connectivity index (χ3n) is 5.57. The maximum atomic E-state index is 13.0. The first-order chi connectivity index (χ1) is 17.1. The van der Waals surface area contributed by atoms with Gasteiger partial charge in [0.2, 0.25) is 0 Å². The molecule has 0 spiro atoms. The maximum absolute atomic E-state index is 13.0. The number of nitrogens with zero attached hydrogens (tertiary/aromatic N) is 3. The van der Waals surface area contributed by atoms with Crippen LogP contribution in [0.3, 0.4) is 0 Å². The predicted octanol–water partition coefficient (Wildman–Crippen LogP) is 5.19. The Bertz CT molecular complexity index is 1290. The van der Waals surface area contributed by atoms with Crippen molar-refractivity contribution in [2.24, 2.45) is 0 Å². The van der Waals surface area contributed by atoms with E-state index in [0.717, 1.165) is 17.7 Å². The van der Waals surface area contributed by atoms with Gasteiger partial charge in [-0.25, -0.2) is 0 Å². The number of ether oxygens (including phenoxy) is 3. The topological polar surface area (TPSA) is 75.5 Å². The first-order valence-corrected chi connectivity index (χ1v) is 12.1. The van der Waals surface area contributed by atoms with E-state index in [1.165, 1.54) is 17.3 Å². The molecule has 1 heterocycles. The van der Waals surface area contributed by atoms with Crippen molar-refractivity contribution >= 4 is 17.5 Å². The lowest BCUT2D eigenvalue weighted by Gasteiger charge is -2.12. The van der Waals surface area contributed by atoms with E-state index in [4.69, 9.17) is 14.2 Å². The van der Waals surface area contributed by atoms with Gasteiger partial charge in [-0.05, 0) is 42.3 Å². The van der Waals surface area contributed by atoms with E-state index >= 15 is 0 Å². The lowest BCUT2D eigenvalue weighted by molar-refractivity contribution is 0.102. The zero-order valence-electron chi connectivity index (χ0n) is 19.9. The fourth-order valence-electron chi connectivity index (χ4n) is 3.73. The summed E-state index contributed by atoms with van der Waals surface area (Å²) in [4.78, 5) is 13.0. The molecule has 0 amide bonds. The van der Waals surface area contributed by atoms with Crippen LogP contribution in [0, 0.1) is 0 Å². The highest BCUT2D eigenvalue weighted by atomic mass is 32.2. The molecule has 0 saturated heterocycles. The van der Waals surface area contributed by atoms with Crippen molar-refractivity contribution in [3.63, 3.8) is 0 Å². The third kappa shape index (κ3) is 5.66. The van der Waals surface area contributed by atoms with Crippen molar-refractivity contribution in [1.82, 2.24) is 14.8 Å². The summed E-state index contributed by atoms with van der Waals surface area (Å²) in [5.74, 6) is 2.71. The van der Waals surface area contributed by atoms with Crippen LogP contribution in [0.15, 0.2) is 78.0 Å². The van der Waals surface area contributed by atoms with E-state index in [1.54, 1.807) is 39.5 Å². The van der Waals surface area contributed by atoms with Gasteiger partial charge < -0.3 is 18.8 Å². The van der Waals surface area contributed by atoms with E-state index < -0.39 is 0 Å². The van der Waals surface area contributed by atoms with Crippen LogP contribution < -0.4 is 14.2 Å². The molecule has 7 nitrogen and oxygen atoms in total. The number of aromatic nitrogens is 3. The molecule has 35 heavy (non-hydrogen) atoms. The Morgan fingerprint density at radius 2 is 1.54 bits per heavy atom. The van der Waals surface area contributed by atoms with Gasteiger partial charge >= 0.3 is 0 Å². The van der Waals surface area contributed by atoms with Crippen LogP contribution >= 0.6 is 11.8 Å². The summed E-state index contributed by atoms with van der Waals surface area (Å²) < 4.78 is 18.2. The Morgan fingerprint density at radius 3 is 2.29 bits per heavy atom. The maximum Gasteiger partial charge on any atom is 0.191 e. The molecule has 180 valence electrons. The minimum absolute atomic E-state index is 0.0348. The number of para-hydroxylation sites is 1. The van der Waals surface area contributed by atoms with Gasteiger partial charge in [-0.3, -0.25) is 4.79 Å². The second-order valence-corrected chi connectivity index (χ2v) is 8.62. The molecule has 0 unspecified atom stereocenters. The molecule has 8 heteroatoms. The second kappa shape index (κ2) is 11.6. The van der Waals surface area contributed by atoms with Crippen LogP contribution in [0.2, 0.25) is 0 Å². The number of carbonyl (C=O) groups excluding carboxylic acids is 1. The van der Waals surface area contributed by atoms with Gasteiger partial charge in [0.1, 0.15) is 5.75 Å². The summed E-state index contributed by atoms with van der Waals surface area (Å²) >= 11 is 1.36. The summed E-state index contributed by atoms with van der Waals surface area (Å²) in [7, 11) is 4.76. The first kappa shape index (κ1) is 24.3. The van der Waals surface area contributed by atoms with Crippen molar-refractivity contribution in [3.8, 4) is 28.6 Å². The number of Topliss-reactive ketones (excluding diaryl/α,β-unsaturated/α-hetero) is 1. The molecule has 4 rings (SSSR count). The quantitative estimate of drug-likeness (QED) is 0.212. The summed E-state index contributed by atoms with van der Waals surface area (Å²) in [6.45, 7) is 0.664. The average molecular weight is 490 g/mol. The fourth-order valence-corrected chi connectivity index (χ4v) is 4.59. The van der Waals surface area contributed by atoms with Crippen molar-refractivity contribution in [2.75, 3.05) is 27.1 Å². The molecule has 0 saturated carbocycles. The standard InChI is InChI=1S/C27H27N3O4S/c1-32-23-12-8-7-11-21(23)26-28-29-27(30(26)16-15-19-9-5-4-6-10-19)35-18-22(31)20-13-14-24(33-2)25(17-20)34-3/h4-14,17H,15-16,18H2,1-3H3. The number of rotatable bonds is 11. The average Bonchev–Trinajstić information content (AvgIpc) is 3.32. The zero-order valence-corrected chi connectivity index (χ0v) is 20.7. The minimum atomic E-state index is -0.0348. The lowest BCUT2D eigenvalue weighted by atomic mass is 10.1. The smallest absolute Gasteiger partial charge is 0.191 e. The number of methoxy groups -OCH3 is 3. The van der Waals surface area contributed by atoms with Crippen LogP contribution in [-0.4, -0.2) is 47.6 Å². The molecule has 0 aliphatic rings.